The first kappa shape index (κ1) is 15.5. The second kappa shape index (κ2) is 6.93. The third kappa shape index (κ3) is 5.37. The van der Waals surface area contributed by atoms with Crippen molar-refractivity contribution in [2.75, 3.05) is 7.11 Å². The molecule has 0 N–H and O–H groups in total. The largest absolute Gasteiger partial charge is 1.00 e. The van der Waals surface area contributed by atoms with Crippen molar-refractivity contribution in [1.29, 1.82) is 0 Å². The summed E-state index contributed by atoms with van der Waals surface area (Å²) in [5.74, 6) is 0. The molecule has 0 saturated heterocycles. The van der Waals surface area contributed by atoms with E-state index < -0.39 is 14.7 Å². The molecule has 1 atom stereocenters. The fourth-order valence-corrected chi connectivity index (χ4v) is 3.07. The van der Waals surface area contributed by atoms with Crippen molar-refractivity contribution in [1.82, 2.24) is 0 Å². The van der Waals surface area contributed by atoms with Crippen LogP contribution in [0.15, 0.2) is 16.1 Å². The van der Waals surface area contributed by atoms with E-state index in [0.29, 0.717) is 6.42 Å². The number of rotatable bonds is 4. The third-order valence-electron chi connectivity index (χ3n) is 1.62. The van der Waals surface area contributed by atoms with Crippen LogP contribution in [0.5, 0.6) is 0 Å². The quantitative estimate of drug-likeness (QED) is 0.250. The van der Waals surface area contributed by atoms with Crippen LogP contribution < -0.4 is 29.6 Å². The molecule has 0 saturated carbocycles. The number of hydrogen-bond donors (Lipinski definition) is 0. The van der Waals surface area contributed by atoms with Gasteiger partial charge in [-0.2, -0.15) is 0 Å². The summed E-state index contributed by atoms with van der Waals surface area (Å²) >= 11 is 1.08. The SMILES string of the molecule is CON=CCC1=CCC(S(=O)(=O)[O-])S1.[Na+]. The van der Waals surface area contributed by atoms with Gasteiger partial charge in [0.25, 0.3) is 0 Å². The first-order valence-electron chi connectivity index (χ1n) is 3.89. The van der Waals surface area contributed by atoms with Crippen LogP contribution in [0.3, 0.4) is 0 Å². The van der Waals surface area contributed by atoms with Crippen molar-refractivity contribution in [3.05, 3.63) is 11.0 Å². The minimum Gasteiger partial charge on any atom is -0.747 e. The molecule has 0 aromatic carbocycles. The maximum Gasteiger partial charge on any atom is 1.00 e. The Labute approximate surface area is 115 Å². The van der Waals surface area contributed by atoms with Gasteiger partial charge < -0.3 is 9.39 Å². The fraction of sp³-hybridized carbons (Fsp3) is 0.571. The molecule has 0 aromatic rings. The minimum absolute atomic E-state index is 0. The zero-order chi connectivity index (χ0) is 10.6. The van der Waals surface area contributed by atoms with Crippen molar-refractivity contribution in [3.8, 4) is 0 Å². The topological polar surface area (TPSA) is 78.8 Å². The van der Waals surface area contributed by atoms with Gasteiger partial charge in [-0.25, -0.2) is 8.42 Å². The predicted octanol–water partition coefficient (Wildman–Crippen LogP) is -2.10. The summed E-state index contributed by atoms with van der Waals surface area (Å²) in [6.45, 7) is 0. The van der Waals surface area contributed by atoms with Crippen LogP contribution >= 0.6 is 11.8 Å². The van der Waals surface area contributed by atoms with Crippen molar-refractivity contribution in [2.45, 2.75) is 17.4 Å². The van der Waals surface area contributed by atoms with Gasteiger partial charge in [0, 0.05) is 12.6 Å². The summed E-state index contributed by atoms with van der Waals surface area (Å²) in [6.07, 6.45) is 4.06. The zero-order valence-corrected chi connectivity index (χ0v) is 12.2. The second-order valence-electron chi connectivity index (χ2n) is 2.62. The monoisotopic (exact) mass is 259 g/mol. The second-order valence-corrected chi connectivity index (χ2v) is 5.80. The van der Waals surface area contributed by atoms with E-state index in [0.717, 1.165) is 16.7 Å². The van der Waals surface area contributed by atoms with E-state index in [1.165, 1.54) is 13.3 Å². The van der Waals surface area contributed by atoms with Gasteiger partial charge in [-0.1, -0.05) is 11.2 Å². The van der Waals surface area contributed by atoms with Gasteiger partial charge in [-0.3, -0.25) is 0 Å². The Kier molecular flexibility index (Phi) is 7.14. The van der Waals surface area contributed by atoms with Crippen LogP contribution in [0, 0.1) is 0 Å². The van der Waals surface area contributed by atoms with E-state index in [1.54, 1.807) is 6.08 Å². The molecule has 1 rings (SSSR count). The van der Waals surface area contributed by atoms with Crippen molar-refractivity contribution < 1.29 is 47.4 Å². The summed E-state index contributed by atoms with van der Waals surface area (Å²) in [5.41, 5.74) is 0. The third-order valence-corrected chi connectivity index (χ3v) is 4.54. The molecule has 1 unspecified atom stereocenters. The molecule has 0 aromatic heterocycles. The molecule has 1 aliphatic heterocycles. The first-order valence-corrected chi connectivity index (χ1v) is 6.24. The minimum atomic E-state index is -4.18. The van der Waals surface area contributed by atoms with Crippen molar-refractivity contribution >= 4 is 28.1 Å². The maximum atomic E-state index is 10.6. The Hall–Kier alpha value is 0.470. The Bertz CT molecular complexity index is 352. The van der Waals surface area contributed by atoms with Crippen LogP contribution in [0.4, 0.5) is 0 Å². The van der Waals surface area contributed by atoms with Gasteiger partial charge in [0.1, 0.15) is 21.8 Å². The fourth-order valence-electron chi connectivity index (χ4n) is 1.00. The Morgan fingerprint density at radius 2 is 2.47 bits per heavy atom. The molecule has 0 bridgehead atoms. The van der Waals surface area contributed by atoms with Crippen molar-refractivity contribution in [3.63, 3.8) is 0 Å². The summed E-state index contributed by atoms with van der Waals surface area (Å²) in [7, 11) is -2.75. The molecule has 1 heterocycles. The van der Waals surface area contributed by atoms with Gasteiger partial charge in [-0.15, -0.1) is 11.8 Å². The van der Waals surface area contributed by atoms with Gasteiger partial charge in [-0.05, 0) is 11.3 Å². The van der Waals surface area contributed by atoms with Crippen LogP contribution in [-0.2, 0) is 15.0 Å². The van der Waals surface area contributed by atoms with E-state index in [2.05, 4.69) is 9.99 Å². The Morgan fingerprint density at radius 3 is 2.93 bits per heavy atom. The van der Waals surface area contributed by atoms with Crippen LogP contribution in [0.25, 0.3) is 0 Å². The number of hydrogen-bond acceptors (Lipinski definition) is 6. The van der Waals surface area contributed by atoms with Crippen LogP contribution in [0.1, 0.15) is 12.8 Å². The molecule has 0 amide bonds. The molecule has 80 valence electrons. The van der Waals surface area contributed by atoms with Crippen LogP contribution in [-0.4, -0.2) is 30.9 Å². The summed E-state index contributed by atoms with van der Waals surface area (Å²) in [5, 5.41) is 3.52. The molecule has 0 aliphatic carbocycles. The molecule has 5 nitrogen and oxygen atoms in total. The molecular formula is C7H10NNaO4S2. The van der Waals surface area contributed by atoms with E-state index in [-0.39, 0.29) is 36.0 Å². The summed E-state index contributed by atoms with van der Waals surface area (Å²) in [4.78, 5) is 5.29. The zero-order valence-electron chi connectivity index (χ0n) is 8.54. The van der Waals surface area contributed by atoms with Gasteiger partial charge in [0.2, 0.25) is 0 Å². The van der Waals surface area contributed by atoms with E-state index in [9.17, 15) is 13.0 Å². The standard InChI is InChI=1S/C7H11NO4S2.Na/c1-12-8-5-4-6-2-3-7(13-6)14(9,10)11;/h2,5,7H,3-4H2,1H3,(H,9,10,11);/q;+1/p-1. The number of allylic oxidation sites excluding steroid dienone is 2. The van der Waals surface area contributed by atoms with Crippen molar-refractivity contribution in [2.24, 2.45) is 5.16 Å². The first-order chi connectivity index (χ1) is 6.54. The molecule has 1 aliphatic rings. The molecule has 0 fully saturated rings. The summed E-state index contributed by atoms with van der Waals surface area (Å²) < 4.78 is 31.1. The van der Waals surface area contributed by atoms with Crippen LogP contribution in [0.2, 0.25) is 0 Å². The average Bonchev–Trinajstić information content (AvgIpc) is 2.52. The van der Waals surface area contributed by atoms with Gasteiger partial charge in [0.05, 0.1) is 0 Å². The number of nitrogens with zero attached hydrogens (tertiary/aromatic N) is 1. The van der Waals surface area contributed by atoms with Gasteiger partial charge >= 0.3 is 29.6 Å². The number of thioether (sulfide) groups is 1. The summed E-state index contributed by atoms with van der Waals surface area (Å²) in [6, 6.07) is 0. The molecule has 0 radical (unpaired) electrons. The van der Waals surface area contributed by atoms with E-state index in [4.69, 9.17) is 0 Å². The predicted molar refractivity (Wildman–Crippen MR) is 53.9 cm³/mol. The van der Waals surface area contributed by atoms with E-state index in [1.807, 2.05) is 0 Å². The average molecular weight is 259 g/mol. The Morgan fingerprint density at radius 1 is 1.80 bits per heavy atom. The maximum absolute atomic E-state index is 10.6. The normalized spacial score (nSPS) is 21.2. The molecule has 0 spiro atoms. The van der Waals surface area contributed by atoms with E-state index >= 15 is 0 Å². The molecular weight excluding hydrogens is 249 g/mol. The number of oxime groups is 1. The smallest absolute Gasteiger partial charge is 0.747 e. The molecule has 15 heavy (non-hydrogen) atoms. The molecule has 8 heteroatoms. The Balaban J connectivity index is 0.00000196. The van der Waals surface area contributed by atoms with Gasteiger partial charge in [0.15, 0.2) is 0 Å².